The van der Waals surface area contributed by atoms with E-state index < -0.39 is 0 Å². The van der Waals surface area contributed by atoms with E-state index in [0.29, 0.717) is 6.04 Å². The Morgan fingerprint density at radius 1 is 1.40 bits per heavy atom. The number of nitrogens with one attached hydrogen (secondary N) is 1. The number of anilines is 1. The first kappa shape index (κ1) is 12.1. The van der Waals surface area contributed by atoms with Crippen LogP contribution in [0, 0.1) is 0 Å². The van der Waals surface area contributed by atoms with Crippen LogP contribution in [0.4, 0.5) is 5.82 Å². The van der Waals surface area contributed by atoms with E-state index in [1.807, 2.05) is 16.8 Å². The first-order valence-electron chi connectivity index (χ1n) is 7.28. The molecule has 0 amide bonds. The average molecular weight is 273 g/mol. The van der Waals surface area contributed by atoms with Gasteiger partial charge in [-0.05, 0) is 25.5 Å². The van der Waals surface area contributed by atoms with Gasteiger partial charge in [0.2, 0.25) is 0 Å². The molecular formula is C14H19N5O. The van der Waals surface area contributed by atoms with Crippen LogP contribution in [0.15, 0.2) is 24.7 Å². The molecule has 2 aromatic heterocycles. The zero-order valence-corrected chi connectivity index (χ0v) is 11.4. The lowest BCUT2D eigenvalue weighted by molar-refractivity contribution is -0.0415. The van der Waals surface area contributed by atoms with E-state index in [1.54, 1.807) is 12.4 Å². The van der Waals surface area contributed by atoms with Crippen LogP contribution in [0.5, 0.6) is 0 Å². The smallest absolute Gasteiger partial charge is 0.152 e. The molecule has 4 rings (SSSR count). The standard InChI is InChI=1S/C14H19N5O/c1-2-11-10-20-12(9-18(11)6-1)8-16-14-13-3-4-17-19(13)7-5-15-14/h3-5,7,11-12H,1-2,6,8-10H2,(H,15,16). The van der Waals surface area contributed by atoms with Crippen LogP contribution >= 0.6 is 0 Å². The lowest BCUT2D eigenvalue weighted by Gasteiger charge is -2.35. The van der Waals surface area contributed by atoms with Crippen molar-refractivity contribution in [2.24, 2.45) is 0 Å². The summed E-state index contributed by atoms with van der Waals surface area (Å²) in [5.74, 6) is 0.872. The molecule has 20 heavy (non-hydrogen) atoms. The minimum atomic E-state index is 0.245. The predicted molar refractivity (Wildman–Crippen MR) is 75.8 cm³/mol. The quantitative estimate of drug-likeness (QED) is 0.904. The molecule has 106 valence electrons. The maximum atomic E-state index is 5.95. The van der Waals surface area contributed by atoms with Gasteiger partial charge in [0.15, 0.2) is 5.82 Å². The third-order valence-corrected chi connectivity index (χ3v) is 4.28. The fourth-order valence-corrected chi connectivity index (χ4v) is 3.21. The predicted octanol–water partition coefficient (Wildman–Crippen LogP) is 1.00. The molecule has 1 N–H and O–H groups in total. The molecule has 2 aliphatic heterocycles. The number of hydrogen-bond donors (Lipinski definition) is 1. The summed E-state index contributed by atoms with van der Waals surface area (Å²) in [6, 6.07) is 2.62. The summed E-state index contributed by atoms with van der Waals surface area (Å²) < 4.78 is 7.78. The largest absolute Gasteiger partial charge is 0.373 e. The van der Waals surface area contributed by atoms with E-state index in [1.165, 1.54) is 19.4 Å². The molecule has 0 aliphatic carbocycles. The van der Waals surface area contributed by atoms with Gasteiger partial charge in [-0.15, -0.1) is 0 Å². The van der Waals surface area contributed by atoms with Crippen LogP contribution in [-0.4, -0.2) is 57.9 Å². The number of ether oxygens (including phenoxy) is 1. The molecule has 2 fully saturated rings. The summed E-state index contributed by atoms with van der Waals surface area (Å²) >= 11 is 0. The summed E-state index contributed by atoms with van der Waals surface area (Å²) in [6.45, 7) is 3.92. The van der Waals surface area contributed by atoms with Gasteiger partial charge in [-0.25, -0.2) is 9.50 Å². The van der Waals surface area contributed by atoms with Gasteiger partial charge in [-0.2, -0.15) is 5.10 Å². The van der Waals surface area contributed by atoms with Gasteiger partial charge >= 0.3 is 0 Å². The van der Waals surface area contributed by atoms with Crippen molar-refractivity contribution in [1.82, 2.24) is 19.5 Å². The second-order valence-corrected chi connectivity index (χ2v) is 5.56. The minimum Gasteiger partial charge on any atom is -0.373 e. The van der Waals surface area contributed by atoms with Gasteiger partial charge in [0.05, 0.1) is 18.9 Å². The number of aromatic nitrogens is 3. The molecule has 2 atom stereocenters. The number of fused-ring (bicyclic) bond motifs is 2. The van der Waals surface area contributed by atoms with E-state index in [9.17, 15) is 0 Å². The van der Waals surface area contributed by atoms with Crippen LogP contribution < -0.4 is 5.32 Å². The van der Waals surface area contributed by atoms with Crippen LogP contribution in [0.2, 0.25) is 0 Å². The molecule has 0 radical (unpaired) electrons. The SMILES string of the molecule is c1cn2nccc2c(NCC2CN3CCCC3CO2)n1. The van der Waals surface area contributed by atoms with Crippen molar-refractivity contribution >= 4 is 11.3 Å². The van der Waals surface area contributed by atoms with Crippen molar-refractivity contribution in [3.8, 4) is 0 Å². The maximum absolute atomic E-state index is 5.95. The topological polar surface area (TPSA) is 54.7 Å². The molecule has 0 spiro atoms. The van der Waals surface area contributed by atoms with Gasteiger partial charge in [0.1, 0.15) is 5.52 Å². The molecule has 2 unspecified atom stereocenters. The Morgan fingerprint density at radius 2 is 2.40 bits per heavy atom. The molecule has 4 heterocycles. The highest BCUT2D eigenvalue weighted by Crippen LogP contribution is 2.23. The number of nitrogens with zero attached hydrogens (tertiary/aromatic N) is 4. The van der Waals surface area contributed by atoms with Crippen molar-refractivity contribution in [2.45, 2.75) is 25.0 Å². The summed E-state index contributed by atoms with van der Waals surface area (Å²) in [5, 5.41) is 7.61. The van der Waals surface area contributed by atoms with Gasteiger partial charge in [-0.3, -0.25) is 4.90 Å². The van der Waals surface area contributed by atoms with Gasteiger partial charge in [0, 0.05) is 31.5 Å². The van der Waals surface area contributed by atoms with Crippen molar-refractivity contribution in [3.63, 3.8) is 0 Å². The maximum Gasteiger partial charge on any atom is 0.152 e. The van der Waals surface area contributed by atoms with Gasteiger partial charge in [-0.1, -0.05) is 0 Å². The van der Waals surface area contributed by atoms with Crippen LogP contribution in [0.3, 0.4) is 0 Å². The zero-order chi connectivity index (χ0) is 13.4. The highest BCUT2D eigenvalue weighted by Gasteiger charge is 2.32. The highest BCUT2D eigenvalue weighted by molar-refractivity contribution is 5.66. The Morgan fingerprint density at radius 3 is 3.40 bits per heavy atom. The van der Waals surface area contributed by atoms with E-state index >= 15 is 0 Å². The molecule has 2 saturated heterocycles. The Hall–Kier alpha value is -1.66. The summed E-state index contributed by atoms with van der Waals surface area (Å²) in [7, 11) is 0. The number of morpholine rings is 1. The molecule has 6 nitrogen and oxygen atoms in total. The molecule has 0 saturated carbocycles. The average Bonchev–Trinajstić information content (AvgIpc) is 3.13. The van der Waals surface area contributed by atoms with Crippen LogP contribution in [0.1, 0.15) is 12.8 Å². The Balaban J connectivity index is 1.42. The van der Waals surface area contributed by atoms with E-state index in [-0.39, 0.29) is 6.10 Å². The first-order chi connectivity index (χ1) is 9.90. The number of rotatable bonds is 3. The molecule has 2 aliphatic rings. The highest BCUT2D eigenvalue weighted by atomic mass is 16.5. The summed E-state index contributed by atoms with van der Waals surface area (Å²) in [4.78, 5) is 6.95. The van der Waals surface area contributed by atoms with Gasteiger partial charge < -0.3 is 10.1 Å². The van der Waals surface area contributed by atoms with Crippen molar-refractivity contribution in [1.29, 1.82) is 0 Å². The van der Waals surface area contributed by atoms with Gasteiger partial charge in [0.25, 0.3) is 0 Å². The monoisotopic (exact) mass is 273 g/mol. The third-order valence-electron chi connectivity index (χ3n) is 4.28. The fraction of sp³-hybridized carbons (Fsp3) is 0.571. The van der Waals surface area contributed by atoms with Crippen LogP contribution in [-0.2, 0) is 4.74 Å². The van der Waals surface area contributed by atoms with Crippen LogP contribution in [0.25, 0.3) is 5.52 Å². The first-order valence-corrected chi connectivity index (χ1v) is 7.28. The van der Waals surface area contributed by atoms with E-state index in [2.05, 4.69) is 20.3 Å². The molecule has 2 aromatic rings. The second kappa shape index (κ2) is 5.03. The van der Waals surface area contributed by atoms with Crippen molar-refractivity contribution < 1.29 is 4.74 Å². The normalized spacial score (nSPS) is 26.8. The lowest BCUT2D eigenvalue weighted by atomic mass is 10.2. The minimum absolute atomic E-state index is 0.245. The third kappa shape index (κ3) is 2.14. The van der Waals surface area contributed by atoms with E-state index in [0.717, 1.165) is 31.0 Å². The summed E-state index contributed by atoms with van der Waals surface area (Å²) in [5.41, 5.74) is 1.00. The molecular weight excluding hydrogens is 254 g/mol. The number of hydrogen-bond acceptors (Lipinski definition) is 5. The Bertz CT molecular complexity index is 598. The molecule has 6 heteroatoms. The zero-order valence-electron chi connectivity index (χ0n) is 11.4. The molecule has 0 bridgehead atoms. The summed E-state index contributed by atoms with van der Waals surface area (Å²) in [6.07, 6.45) is 8.25. The second-order valence-electron chi connectivity index (χ2n) is 5.56. The van der Waals surface area contributed by atoms with Crippen molar-refractivity contribution in [2.75, 3.05) is 31.6 Å². The fourth-order valence-electron chi connectivity index (χ4n) is 3.21. The Labute approximate surface area is 117 Å². The van der Waals surface area contributed by atoms with E-state index in [4.69, 9.17) is 4.74 Å². The van der Waals surface area contributed by atoms with Crippen molar-refractivity contribution in [3.05, 3.63) is 24.7 Å². The molecule has 0 aromatic carbocycles. The Kier molecular flexibility index (Phi) is 3.05. The lowest BCUT2D eigenvalue weighted by Crippen LogP contribution is -2.48.